The molecule has 0 spiro atoms. The van der Waals surface area contributed by atoms with E-state index < -0.39 is 10.0 Å². The molecule has 1 aliphatic rings. The van der Waals surface area contributed by atoms with Gasteiger partial charge in [-0.25, -0.2) is 12.7 Å². The first-order chi connectivity index (χ1) is 17.7. The van der Waals surface area contributed by atoms with Gasteiger partial charge in [-0.05, 0) is 55.2 Å². The van der Waals surface area contributed by atoms with Gasteiger partial charge in [-0.1, -0.05) is 70.5 Å². The van der Waals surface area contributed by atoms with E-state index in [2.05, 4.69) is 26.6 Å². The number of anilines is 1. The van der Waals surface area contributed by atoms with Crippen LogP contribution < -0.4 is 10.6 Å². The average Bonchev–Trinajstić information content (AvgIpc) is 2.89. The zero-order chi connectivity index (χ0) is 26.4. The number of halogens is 1. The van der Waals surface area contributed by atoms with Gasteiger partial charge in [0.25, 0.3) is 5.91 Å². The van der Waals surface area contributed by atoms with Gasteiger partial charge in [0.1, 0.15) is 0 Å². The van der Waals surface area contributed by atoms with Gasteiger partial charge in [0.05, 0.1) is 23.0 Å². The maximum absolute atomic E-state index is 13.1. The van der Waals surface area contributed by atoms with Crippen molar-refractivity contribution in [3.63, 3.8) is 0 Å². The van der Waals surface area contributed by atoms with Crippen molar-refractivity contribution in [2.45, 2.75) is 31.6 Å². The number of nitrogens with zero attached hydrogens (tertiary/aromatic N) is 1. The highest BCUT2D eigenvalue weighted by Gasteiger charge is 2.31. The van der Waals surface area contributed by atoms with Gasteiger partial charge in [0.15, 0.2) is 0 Å². The fourth-order valence-corrected chi connectivity index (χ4v) is 6.45. The van der Waals surface area contributed by atoms with Crippen LogP contribution in [0.2, 0.25) is 0 Å². The zero-order valence-corrected chi connectivity index (χ0v) is 23.0. The summed E-state index contributed by atoms with van der Waals surface area (Å²) in [6, 6.07) is 23.6. The Hall–Kier alpha value is -3.01. The molecule has 1 heterocycles. The summed E-state index contributed by atoms with van der Waals surface area (Å²) in [5, 5.41) is 5.89. The zero-order valence-electron chi connectivity index (χ0n) is 20.6. The topological polar surface area (TPSA) is 95.6 Å². The monoisotopic (exact) mass is 583 g/mol. The third kappa shape index (κ3) is 7.06. The van der Waals surface area contributed by atoms with Crippen LogP contribution in [0.4, 0.5) is 5.69 Å². The molecule has 2 amide bonds. The fraction of sp³-hybridized carbons (Fsp3) is 0.286. The van der Waals surface area contributed by atoms with Crippen LogP contribution >= 0.6 is 15.9 Å². The quantitative estimate of drug-likeness (QED) is 0.384. The standard InChI is InChI=1S/C28H30BrN3O4S/c1-20(22-9-3-2-4-10-22)30-28(34)25-12-5-6-13-26(25)31-27(33)23-14-16-32(17-15-23)37(35,36)19-21-8-7-11-24(29)18-21/h2-13,18,20,23H,14-17,19H2,1H3,(H,30,34)(H,31,33)/t20-/m0/s1. The molecule has 1 aliphatic heterocycles. The van der Waals surface area contributed by atoms with Crippen LogP contribution in [-0.4, -0.2) is 37.6 Å². The van der Waals surface area contributed by atoms with Gasteiger partial charge in [0.2, 0.25) is 15.9 Å². The number of hydrogen-bond acceptors (Lipinski definition) is 4. The summed E-state index contributed by atoms with van der Waals surface area (Å²) in [6.07, 6.45) is 0.839. The summed E-state index contributed by atoms with van der Waals surface area (Å²) in [5.74, 6) is -0.898. The summed E-state index contributed by atoms with van der Waals surface area (Å²) in [5.41, 5.74) is 2.52. The van der Waals surface area contributed by atoms with E-state index in [-0.39, 0.29) is 42.6 Å². The molecule has 0 bridgehead atoms. The molecule has 1 fully saturated rings. The predicted molar refractivity (Wildman–Crippen MR) is 148 cm³/mol. The highest BCUT2D eigenvalue weighted by Crippen LogP contribution is 2.25. The molecular weight excluding hydrogens is 554 g/mol. The van der Waals surface area contributed by atoms with Crippen molar-refractivity contribution < 1.29 is 18.0 Å². The number of hydrogen-bond donors (Lipinski definition) is 2. The van der Waals surface area contributed by atoms with E-state index in [1.54, 1.807) is 36.4 Å². The molecule has 0 unspecified atom stereocenters. The predicted octanol–water partition coefficient (Wildman–Crippen LogP) is 5.12. The Kier molecular flexibility index (Phi) is 8.79. The highest BCUT2D eigenvalue weighted by molar-refractivity contribution is 9.10. The summed E-state index contributed by atoms with van der Waals surface area (Å²) in [7, 11) is -3.49. The minimum absolute atomic E-state index is 0.0762. The molecule has 0 radical (unpaired) electrons. The Balaban J connectivity index is 1.35. The lowest BCUT2D eigenvalue weighted by molar-refractivity contribution is -0.120. The van der Waals surface area contributed by atoms with E-state index in [1.165, 1.54) is 4.31 Å². The number of rotatable bonds is 8. The number of benzene rings is 3. The molecule has 2 N–H and O–H groups in total. The number of para-hydroxylation sites is 1. The first kappa shape index (κ1) is 27.0. The number of amides is 2. The smallest absolute Gasteiger partial charge is 0.253 e. The van der Waals surface area contributed by atoms with E-state index in [0.29, 0.717) is 29.7 Å². The third-order valence-corrected chi connectivity index (χ3v) is 8.88. The molecule has 0 aliphatic carbocycles. The second kappa shape index (κ2) is 12.0. The maximum atomic E-state index is 13.1. The number of sulfonamides is 1. The molecular formula is C28H30BrN3O4S. The summed E-state index contributed by atoms with van der Waals surface area (Å²) < 4.78 is 28.1. The van der Waals surface area contributed by atoms with Crippen LogP contribution in [0.3, 0.4) is 0 Å². The van der Waals surface area contributed by atoms with Gasteiger partial charge in [0, 0.05) is 23.5 Å². The number of carbonyl (C=O) groups is 2. The number of carbonyl (C=O) groups excluding carboxylic acids is 2. The van der Waals surface area contributed by atoms with Gasteiger partial charge in [-0.15, -0.1) is 0 Å². The van der Waals surface area contributed by atoms with Crippen LogP contribution in [0.5, 0.6) is 0 Å². The van der Waals surface area contributed by atoms with Crippen LogP contribution in [-0.2, 0) is 20.6 Å². The van der Waals surface area contributed by atoms with Crippen LogP contribution in [0.1, 0.15) is 47.3 Å². The summed E-state index contributed by atoms with van der Waals surface area (Å²) >= 11 is 3.37. The normalized spacial score (nSPS) is 15.6. The lowest BCUT2D eigenvalue weighted by Crippen LogP contribution is -2.42. The van der Waals surface area contributed by atoms with E-state index in [1.807, 2.05) is 49.4 Å². The van der Waals surface area contributed by atoms with Crippen molar-refractivity contribution in [3.05, 3.63) is 100 Å². The minimum Gasteiger partial charge on any atom is -0.345 e. The number of piperidine rings is 1. The SMILES string of the molecule is C[C@H](NC(=O)c1ccccc1NC(=O)C1CCN(S(=O)(=O)Cc2cccc(Br)c2)CC1)c1ccccc1. The second-order valence-electron chi connectivity index (χ2n) is 9.20. The fourth-order valence-electron chi connectivity index (χ4n) is 4.45. The summed E-state index contributed by atoms with van der Waals surface area (Å²) in [6.45, 7) is 2.48. The Labute approximate surface area is 226 Å². The maximum Gasteiger partial charge on any atom is 0.253 e. The molecule has 1 atom stereocenters. The number of nitrogens with one attached hydrogen (secondary N) is 2. The van der Waals surface area contributed by atoms with E-state index in [0.717, 1.165) is 10.0 Å². The van der Waals surface area contributed by atoms with Gasteiger partial charge in [-0.3, -0.25) is 9.59 Å². The van der Waals surface area contributed by atoms with Gasteiger partial charge >= 0.3 is 0 Å². The van der Waals surface area contributed by atoms with Gasteiger partial charge in [-0.2, -0.15) is 0 Å². The Morgan fingerprint density at radius 3 is 2.35 bits per heavy atom. The lowest BCUT2D eigenvalue weighted by Gasteiger charge is -2.30. The molecule has 4 rings (SSSR count). The molecule has 37 heavy (non-hydrogen) atoms. The molecule has 9 heteroatoms. The van der Waals surface area contributed by atoms with Crippen LogP contribution in [0.25, 0.3) is 0 Å². The molecule has 1 saturated heterocycles. The van der Waals surface area contributed by atoms with E-state index in [9.17, 15) is 18.0 Å². The molecule has 0 aromatic heterocycles. The Morgan fingerprint density at radius 2 is 1.65 bits per heavy atom. The average molecular weight is 585 g/mol. The molecule has 3 aromatic rings. The first-order valence-corrected chi connectivity index (χ1v) is 14.6. The molecule has 3 aromatic carbocycles. The Bertz CT molecular complexity index is 1360. The van der Waals surface area contributed by atoms with Crippen molar-refractivity contribution in [3.8, 4) is 0 Å². The minimum atomic E-state index is -3.49. The third-order valence-electron chi connectivity index (χ3n) is 6.53. The molecule has 194 valence electrons. The highest BCUT2D eigenvalue weighted by atomic mass is 79.9. The summed E-state index contributed by atoms with van der Waals surface area (Å²) in [4.78, 5) is 26.0. The Morgan fingerprint density at radius 1 is 0.973 bits per heavy atom. The molecule has 0 saturated carbocycles. The van der Waals surface area contributed by atoms with E-state index in [4.69, 9.17) is 0 Å². The van der Waals surface area contributed by atoms with Crippen molar-refractivity contribution >= 4 is 43.5 Å². The van der Waals surface area contributed by atoms with Crippen molar-refractivity contribution in [2.75, 3.05) is 18.4 Å². The van der Waals surface area contributed by atoms with Crippen LogP contribution in [0, 0.1) is 5.92 Å². The second-order valence-corrected chi connectivity index (χ2v) is 12.1. The van der Waals surface area contributed by atoms with Gasteiger partial charge < -0.3 is 10.6 Å². The molecule has 7 nitrogen and oxygen atoms in total. The van der Waals surface area contributed by atoms with Crippen LogP contribution in [0.15, 0.2) is 83.3 Å². The first-order valence-electron chi connectivity index (χ1n) is 12.2. The van der Waals surface area contributed by atoms with Crippen molar-refractivity contribution in [1.29, 1.82) is 0 Å². The van der Waals surface area contributed by atoms with Crippen molar-refractivity contribution in [2.24, 2.45) is 5.92 Å². The van der Waals surface area contributed by atoms with E-state index >= 15 is 0 Å². The lowest BCUT2D eigenvalue weighted by atomic mass is 9.97. The largest absolute Gasteiger partial charge is 0.345 e. The van der Waals surface area contributed by atoms with Crippen molar-refractivity contribution in [1.82, 2.24) is 9.62 Å².